The van der Waals surface area contributed by atoms with E-state index in [1.807, 2.05) is 0 Å². The summed E-state index contributed by atoms with van der Waals surface area (Å²) < 4.78 is 25.0. The van der Waals surface area contributed by atoms with Crippen molar-refractivity contribution >= 4 is 6.08 Å². The van der Waals surface area contributed by atoms with Crippen LogP contribution in [-0.2, 0) is 10.3 Å². The van der Waals surface area contributed by atoms with Crippen LogP contribution >= 0.6 is 0 Å². The molecule has 1 aromatic carbocycles. The van der Waals surface area contributed by atoms with Crippen LogP contribution in [0.5, 0.6) is 11.5 Å². The number of hydrogen-bond donors (Lipinski definition) is 0. The normalized spacial score (nSPS) is 19.6. The summed E-state index contributed by atoms with van der Waals surface area (Å²) in [5.74, 6) is 0.503. The van der Waals surface area contributed by atoms with Gasteiger partial charge in [-0.2, -0.15) is 4.99 Å². The second kappa shape index (κ2) is 4.10. The Labute approximate surface area is 103 Å². The number of halogens is 1. The first-order chi connectivity index (χ1) is 8.77. The van der Waals surface area contributed by atoms with E-state index in [2.05, 4.69) is 4.99 Å². The fourth-order valence-corrected chi connectivity index (χ4v) is 2.54. The van der Waals surface area contributed by atoms with E-state index in [9.17, 15) is 9.18 Å². The average Bonchev–Trinajstić information content (AvgIpc) is 2.35. The maximum Gasteiger partial charge on any atom is 0.235 e. The molecule has 1 aliphatic heterocycles. The van der Waals surface area contributed by atoms with Crippen molar-refractivity contribution < 1.29 is 18.7 Å². The van der Waals surface area contributed by atoms with Gasteiger partial charge in [-0.05, 0) is 31.4 Å². The van der Waals surface area contributed by atoms with Crippen LogP contribution in [-0.4, -0.2) is 19.3 Å². The van der Waals surface area contributed by atoms with Crippen molar-refractivity contribution in [3.63, 3.8) is 0 Å². The second-order valence-electron chi connectivity index (χ2n) is 4.53. The summed E-state index contributed by atoms with van der Waals surface area (Å²) >= 11 is 0. The number of fused-ring (bicyclic) bond motifs is 1. The molecule has 1 heterocycles. The van der Waals surface area contributed by atoms with Gasteiger partial charge in [0.1, 0.15) is 24.6 Å². The lowest BCUT2D eigenvalue weighted by Gasteiger charge is -2.39. The van der Waals surface area contributed by atoms with Crippen LogP contribution in [0.4, 0.5) is 4.39 Å². The average molecular weight is 249 g/mol. The molecule has 5 heteroatoms. The molecule has 1 saturated carbocycles. The lowest BCUT2D eigenvalue weighted by molar-refractivity contribution is 0.157. The summed E-state index contributed by atoms with van der Waals surface area (Å²) in [4.78, 5) is 14.4. The molecule has 0 N–H and O–H groups in total. The molecule has 94 valence electrons. The van der Waals surface area contributed by atoms with Crippen molar-refractivity contribution in [3.05, 3.63) is 23.5 Å². The maximum absolute atomic E-state index is 14.1. The minimum atomic E-state index is -0.808. The fourth-order valence-electron chi connectivity index (χ4n) is 2.54. The molecule has 0 aromatic heterocycles. The van der Waals surface area contributed by atoms with E-state index in [0.29, 0.717) is 43.1 Å². The van der Waals surface area contributed by atoms with E-state index >= 15 is 0 Å². The van der Waals surface area contributed by atoms with Crippen molar-refractivity contribution in [1.29, 1.82) is 0 Å². The molecule has 1 aromatic rings. The number of hydrogen-bond acceptors (Lipinski definition) is 4. The van der Waals surface area contributed by atoms with Crippen LogP contribution < -0.4 is 9.47 Å². The van der Waals surface area contributed by atoms with Crippen LogP contribution in [0, 0.1) is 5.82 Å². The van der Waals surface area contributed by atoms with Gasteiger partial charge in [0, 0.05) is 0 Å². The van der Waals surface area contributed by atoms with Crippen molar-refractivity contribution in [2.24, 2.45) is 4.99 Å². The van der Waals surface area contributed by atoms with E-state index < -0.39 is 11.4 Å². The lowest BCUT2D eigenvalue weighted by Crippen LogP contribution is -2.34. The molecule has 0 amide bonds. The highest BCUT2D eigenvalue weighted by molar-refractivity contribution is 5.53. The van der Waals surface area contributed by atoms with Crippen LogP contribution in [0.1, 0.15) is 24.8 Å². The molecule has 0 saturated heterocycles. The predicted octanol–water partition coefficient (Wildman–Crippen LogP) is 2.31. The van der Waals surface area contributed by atoms with Gasteiger partial charge >= 0.3 is 0 Å². The Hall–Kier alpha value is -1.87. The third-order valence-electron chi connectivity index (χ3n) is 3.56. The molecule has 18 heavy (non-hydrogen) atoms. The summed E-state index contributed by atoms with van der Waals surface area (Å²) in [6.07, 6.45) is 3.74. The Morgan fingerprint density at radius 1 is 1.28 bits per heavy atom. The van der Waals surface area contributed by atoms with Crippen LogP contribution in [0.25, 0.3) is 0 Å². The molecule has 1 aliphatic carbocycles. The van der Waals surface area contributed by atoms with Gasteiger partial charge in [0.05, 0.1) is 5.56 Å². The van der Waals surface area contributed by atoms with Gasteiger partial charge in [-0.3, -0.25) is 0 Å². The van der Waals surface area contributed by atoms with E-state index in [1.165, 1.54) is 6.07 Å². The molecule has 0 bridgehead atoms. The van der Waals surface area contributed by atoms with Crippen molar-refractivity contribution in [1.82, 2.24) is 0 Å². The van der Waals surface area contributed by atoms with Crippen LogP contribution in [0.3, 0.4) is 0 Å². The third-order valence-corrected chi connectivity index (χ3v) is 3.56. The smallest absolute Gasteiger partial charge is 0.235 e. The van der Waals surface area contributed by atoms with Gasteiger partial charge in [-0.25, -0.2) is 9.18 Å². The largest absolute Gasteiger partial charge is 0.486 e. The van der Waals surface area contributed by atoms with Crippen LogP contribution in [0.2, 0.25) is 0 Å². The molecule has 0 spiro atoms. The zero-order chi connectivity index (χ0) is 12.6. The Morgan fingerprint density at radius 2 is 2.06 bits per heavy atom. The van der Waals surface area contributed by atoms with E-state index in [1.54, 1.807) is 12.1 Å². The molecule has 3 rings (SSSR count). The lowest BCUT2D eigenvalue weighted by atomic mass is 9.71. The van der Waals surface area contributed by atoms with Crippen LogP contribution in [0.15, 0.2) is 17.1 Å². The first-order valence-corrected chi connectivity index (χ1v) is 5.94. The number of isocyanates is 1. The third kappa shape index (κ3) is 1.51. The van der Waals surface area contributed by atoms with Crippen molar-refractivity contribution in [2.75, 3.05) is 13.2 Å². The number of benzene rings is 1. The molecule has 0 unspecified atom stereocenters. The molecular weight excluding hydrogens is 237 g/mol. The van der Waals surface area contributed by atoms with Gasteiger partial charge < -0.3 is 9.47 Å². The van der Waals surface area contributed by atoms with Gasteiger partial charge in [-0.1, -0.05) is 0 Å². The number of aliphatic imine (C=N–C) groups is 1. The van der Waals surface area contributed by atoms with Crippen molar-refractivity contribution in [2.45, 2.75) is 24.8 Å². The fraction of sp³-hybridized carbons (Fsp3) is 0.462. The molecule has 4 nitrogen and oxygen atoms in total. The van der Waals surface area contributed by atoms with Crippen molar-refractivity contribution in [3.8, 4) is 11.5 Å². The standard InChI is InChI=1S/C13H12FNO3/c14-9-2-3-10-12(18-7-6-17-10)11(9)13(15-8-16)4-1-5-13/h2-3H,1,4-7H2. The predicted molar refractivity (Wildman–Crippen MR) is 61.0 cm³/mol. The van der Waals surface area contributed by atoms with E-state index in [4.69, 9.17) is 9.47 Å². The van der Waals surface area contributed by atoms with E-state index in [-0.39, 0.29) is 0 Å². The zero-order valence-corrected chi connectivity index (χ0v) is 9.74. The summed E-state index contributed by atoms with van der Waals surface area (Å²) in [6, 6.07) is 2.88. The molecule has 0 atom stereocenters. The minimum absolute atomic E-state index is 0.342. The number of carbonyl (C=O) groups excluding carboxylic acids is 1. The quantitative estimate of drug-likeness (QED) is 0.597. The summed E-state index contributed by atoms with van der Waals surface area (Å²) in [7, 11) is 0. The Bertz CT molecular complexity index is 533. The Morgan fingerprint density at radius 3 is 2.72 bits per heavy atom. The Kier molecular flexibility index (Phi) is 2.56. The highest BCUT2D eigenvalue weighted by Crippen LogP contribution is 2.51. The summed E-state index contributed by atoms with van der Waals surface area (Å²) in [5, 5.41) is 0. The first-order valence-electron chi connectivity index (χ1n) is 5.94. The maximum atomic E-state index is 14.1. The number of ether oxygens (including phenoxy) is 2. The summed E-state index contributed by atoms with van der Waals surface area (Å²) in [6.45, 7) is 0.826. The highest BCUT2D eigenvalue weighted by Gasteiger charge is 2.44. The first kappa shape index (κ1) is 11.2. The molecular formula is C13H12FNO3. The van der Waals surface area contributed by atoms with Gasteiger partial charge in [0.15, 0.2) is 11.5 Å². The zero-order valence-electron chi connectivity index (χ0n) is 9.74. The van der Waals surface area contributed by atoms with E-state index in [0.717, 1.165) is 6.42 Å². The van der Waals surface area contributed by atoms with Gasteiger partial charge in [-0.15, -0.1) is 0 Å². The number of nitrogens with zero attached hydrogens (tertiary/aromatic N) is 1. The summed E-state index contributed by atoms with van der Waals surface area (Å²) in [5.41, 5.74) is -0.466. The molecule has 2 aliphatic rings. The molecule has 0 radical (unpaired) electrons. The SMILES string of the molecule is O=C=NC1(c2c(F)ccc3c2OCCO3)CCC1. The minimum Gasteiger partial charge on any atom is -0.486 e. The van der Waals surface area contributed by atoms with Gasteiger partial charge in [0.25, 0.3) is 0 Å². The monoisotopic (exact) mass is 249 g/mol. The highest BCUT2D eigenvalue weighted by atomic mass is 19.1. The molecule has 1 fully saturated rings. The van der Waals surface area contributed by atoms with Gasteiger partial charge in [0.2, 0.25) is 6.08 Å². The number of rotatable bonds is 2. The second-order valence-corrected chi connectivity index (χ2v) is 4.53. The topological polar surface area (TPSA) is 47.9 Å². The Balaban J connectivity index is 2.18.